The predicted octanol–water partition coefficient (Wildman–Crippen LogP) is 2.48. The summed E-state index contributed by atoms with van der Waals surface area (Å²) in [5.41, 5.74) is 2.24. The number of para-hydroxylation sites is 2. The maximum absolute atomic E-state index is 13.0. The highest BCUT2D eigenvalue weighted by Crippen LogP contribution is 2.33. The number of amides is 1. The quantitative estimate of drug-likeness (QED) is 0.927. The van der Waals surface area contributed by atoms with Crippen molar-refractivity contribution in [2.75, 3.05) is 16.8 Å². The summed E-state index contributed by atoms with van der Waals surface area (Å²) in [6.45, 7) is 4.89. The number of hydrogen-bond acceptors (Lipinski definition) is 3. The van der Waals surface area contributed by atoms with Gasteiger partial charge in [0.15, 0.2) is 0 Å². The van der Waals surface area contributed by atoms with E-state index in [0.717, 1.165) is 11.4 Å². The molecule has 0 radical (unpaired) electrons. The van der Waals surface area contributed by atoms with Crippen LogP contribution in [-0.4, -0.2) is 23.1 Å². The lowest BCUT2D eigenvalue weighted by molar-refractivity contribution is 0.0983. The smallest absolute Gasteiger partial charge is 0.259 e. The molecule has 3 rings (SSSR count). The normalized spacial score (nSPS) is 16.9. The Morgan fingerprint density at radius 2 is 1.96 bits per heavy atom. The van der Waals surface area contributed by atoms with Gasteiger partial charge in [0.05, 0.1) is 16.9 Å². The molecule has 0 saturated heterocycles. The number of pyridine rings is 1. The van der Waals surface area contributed by atoms with E-state index in [-0.39, 0.29) is 17.5 Å². The summed E-state index contributed by atoms with van der Waals surface area (Å²) in [6.07, 6.45) is 1.60. The van der Waals surface area contributed by atoms with Crippen molar-refractivity contribution < 1.29 is 4.79 Å². The molecule has 0 aliphatic carbocycles. The van der Waals surface area contributed by atoms with Crippen molar-refractivity contribution in [1.82, 2.24) is 4.57 Å². The van der Waals surface area contributed by atoms with E-state index in [4.69, 9.17) is 0 Å². The first-order chi connectivity index (χ1) is 11.0. The largest absolute Gasteiger partial charge is 0.379 e. The number of fused-ring (bicyclic) bond motifs is 1. The minimum Gasteiger partial charge on any atom is -0.379 e. The molecule has 5 heteroatoms. The Morgan fingerprint density at radius 1 is 1.22 bits per heavy atom. The van der Waals surface area contributed by atoms with Gasteiger partial charge in [0.25, 0.3) is 5.91 Å². The maximum Gasteiger partial charge on any atom is 0.259 e. The molecule has 1 aromatic heterocycles. The number of hydrogen-bond donors (Lipinski definition) is 1. The van der Waals surface area contributed by atoms with Crippen LogP contribution in [0.5, 0.6) is 0 Å². The topological polar surface area (TPSA) is 54.3 Å². The van der Waals surface area contributed by atoms with Crippen LogP contribution < -0.4 is 15.8 Å². The summed E-state index contributed by atoms with van der Waals surface area (Å²) in [5.74, 6) is 0.319. The highest BCUT2D eigenvalue weighted by molar-refractivity contribution is 6.08. The van der Waals surface area contributed by atoms with Gasteiger partial charge >= 0.3 is 0 Å². The van der Waals surface area contributed by atoms with Gasteiger partial charge in [0, 0.05) is 31.9 Å². The molecule has 1 N–H and O–H groups in total. The van der Waals surface area contributed by atoms with Crippen LogP contribution >= 0.6 is 0 Å². The lowest BCUT2D eigenvalue weighted by Crippen LogP contribution is -2.47. The van der Waals surface area contributed by atoms with Gasteiger partial charge < -0.3 is 14.8 Å². The van der Waals surface area contributed by atoms with Gasteiger partial charge in [-0.25, -0.2) is 0 Å². The van der Waals surface area contributed by atoms with Crippen molar-refractivity contribution in [1.29, 1.82) is 0 Å². The van der Waals surface area contributed by atoms with Crippen LogP contribution in [0.25, 0.3) is 0 Å². The molecule has 1 atom stereocenters. The van der Waals surface area contributed by atoms with Gasteiger partial charge in [-0.3, -0.25) is 9.59 Å². The first-order valence-corrected chi connectivity index (χ1v) is 7.81. The summed E-state index contributed by atoms with van der Waals surface area (Å²) in [7, 11) is 1.65. The molecule has 2 heterocycles. The van der Waals surface area contributed by atoms with E-state index >= 15 is 0 Å². The predicted molar refractivity (Wildman–Crippen MR) is 92.1 cm³/mol. The Hall–Kier alpha value is -2.56. The van der Waals surface area contributed by atoms with Crippen LogP contribution in [0.15, 0.2) is 47.4 Å². The zero-order chi connectivity index (χ0) is 16.6. The van der Waals surface area contributed by atoms with Crippen LogP contribution in [0.2, 0.25) is 0 Å². The summed E-state index contributed by atoms with van der Waals surface area (Å²) in [4.78, 5) is 26.3. The highest BCUT2D eigenvalue weighted by Gasteiger charge is 2.30. The third-order valence-corrected chi connectivity index (χ3v) is 4.30. The van der Waals surface area contributed by atoms with Crippen LogP contribution in [-0.2, 0) is 7.05 Å². The third-order valence-electron chi connectivity index (χ3n) is 4.30. The molecule has 0 fully saturated rings. The van der Waals surface area contributed by atoms with Crippen molar-refractivity contribution in [3.63, 3.8) is 0 Å². The average molecular weight is 311 g/mol. The monoisotopic (exact) mass is 311 g/mol. The third kappa shape index (κ3) is 2.86. The van der Waals surface area contributed by atoms with Crippen molar-refractivity contribution in [2.45, 2.75) is 19.9 Å². The van der Waals surface area contributed by atoms with Gasteiger partial charge in [-0.1, -0.05) is 26.0 Å². The average Bonchev–Trinajstić information content (AvgIpc) is 2.55. The standard InChI is InChI=1S/C18H21N3O2/c1-12(2)15-11-21(16-7-5-4-6-14(16)19-15)18(23)13-8-9-17(22)20(3)10-13/h4-10,12,15,19H,11H2,1-3H3. The Balaban J connectivity index is 2.01. The molecule has 120 valence electrons. The zero-order valence-corrected chi connectivity index (χ0v) is 13.6. The molecule has 0 saturated carbocycles. The number of carbonyl (C=O) groups excluding carboxylic acids is 1. The van der Waals surface area contributed by atoms with Gasteiger partial charge in [-0.05, 0) is 24.1 Å². The van der Waals surface area contributed by atoms with E-state index in [1.165, 1.54) is 10.6 Å². The molecule has 1 unspecified atom stereocenters. The highest BCUT2D eigenvalue weighted by atomic mass is 16.2. The minimum atomic E-state index is -0.123. The number of nitrogens with one attached hydrogen (secondary N) is 1. The molecule has 1 amide bonds. The molecule has 1 aliphatic heterocycles. The number of anilines is 2. The summed E-state index contributed by atoms with van der Waals surface area (Å²) < 4.78 is 1.43. The van der Waals surface area contributed by atoms with Crippen molar-refractivity contribution in [2.24, 2.45) is 13.0 Å². The van der Waals surface area contributed by atoms with Crippen LogP contribution in [0, 0.1) is 5.92 Å². The summed E-state index contributed by atoms with van der Waals surface area (Å²) in [5, 5.41) is 3.50. The van der Waals surface area contributed by atoms with Crippen molar-refractivity contribution in [3.05, 3.63) is 58.5 Å². The van der Waals surface area contributed by atoms with E-state index in [2.05, 4.69) is 19.2 Å². The fourth-order valence-electron chi connectivity index (χ4n) is 2.82. The van der Waals surface area contributed by atoms with Crippen molar-refractivity contribution >= 4 is 17.3 Å². The van der Waals surface area contributed by atoms with Crippen molar-refractivity contribution in [3.8, 4) is 0 Å². The SMILES string of the molecule is CC(C)C1CN(C(=O)c2ccc(=O)n(C)c2)c2ccccc2N1. The summed E-state index contributed by atoms with van der Waals surface area (Å²) >= 11 is 0. The maximum atomic E-state index is 13.0. The fraction of sp³-hybridized carbons (Fsp3) is 0.333. The number of benzene rings is 1. The van der Waals surface area contributed by atoms with Gasteiger partial charge in [-0.2, -0.15) is 0 Å². The molecule has 1 aromatic carbocycles. The molecule has 2 aromatic rings. The van der Waals surface area contributed by atoms with E-state index in [9.17, 15) is 9.59 Å². The number of nitrogens with zero attached hydrogens (tertiary/aromatic N) is 2. The molecule has 1 aliphatic rings. The molecule has 0 bridgehead atoms. The van der Waals surface area contributed by atoms with Crippen LogP contribution in [0.1, 0.15) is 24.2 Å². The summed E-state index contributed by atoms with van der Waals surface area (Å²) in [6, 6.07) is 11.0. The Labute approximate surface area is 135 Å². The van der Waals surface area contributed by atoms with E-state index in [1.807, 2.05) is 24.3 Å². The molecule has 23 heavy (non-hydrogen) atoms. The van der Waals surface area contributed by atoms with Gasteiger partial charge in [0.1, 0.15) is 0 Å². The number of aromatic nitrogens is 1. The van der Waals surface area contributed by atoms with Crippen LogP contribution in [0.3, 0.4) is 0 Å². The van der Waals surface area contributed by atoms with Gasteiger partial charge in [-0.15, -0.1) is 0 Å². The second-order valence-corrected chi connectivity index (χ2v) is 6.29. The number of aryl methyl sites for hydroxylation is 1. The lowest BCUT2D eigenvalue weighted by atomic mass is 9.99. The second kappa shape index (κ2) is 5.91. The Morgan fingerprint density at radius 3 is 2.65 bits per heavy atom. The Kier molecular flexibility index (Phi) is 3.94. The first kappa shape index (κ1) is 15.3. The zero-order valence-electron chi connectivity index (χ0n) is 13.6. The van der Waals surface area contributed by atoms with E-state index < -0.39 is 0 Å². The minimum absolute atomic E-state index is 0.0831. The number of rotatable bonds is 2. The fourth-order valence-corrected chi connectivity index (χ4v) is 2.82. The first-order valence-electron chi connectivity index (χ1n) is 7.81. The van der Waals surface area contributed by atoms with Crippen LogP contribution in [0.4, 0.5) is 11.4 Å². The van der Waals surface area contributed by atoms with E-state index in [1.54, 1.807) is 24.2 Å². The second-order valence-electron chi connectivity index (χ2n) is 6.29. The number of carbonyl (C=O) groups is 1. The van der Waals surface area contributed by atoms with Gasteiger partial charge in [0.2, 0.25) is 5.56 Å². The van der Waals surface area contributed by atoms with E-state index in [0.29, 0.717) is 18.0 Å². The molecular weight excluding hydrogens is 290 g/mol. The Bertz CT molecular complexity index is 795. The molecule has 5 nitrogen and oxygen atoms in total. The molecular formula is C18H21N3O2. The lowest BCUT2D eigenvalue weighted by Gasteiger charge is -2.37. The molecule has 0 spiro atoms.